The van der Waals surface area contributed by atoms with Gasteiger partial charge in [-0.15, -0.1) is 11.3 Å². The van der Waals surface area contributed by atoms with Crippen LogP contribution < -0.4 is 21.3 Å². The van der Waals surface area contributed by atoms with Crippen molar-refractivity contribution >= 4 is 40.2 Å². The van der Waals surface area contributed by atoms with Gasteiger partial charge in [0, 0.05) is 26.1 Å². The first-order valence-corrected chi connectivity index (χ1v) is 12.7. The van der Waals surface area contributed by atoms with Gasteiger partial charge in [-0.05, 0) is 36.5 Å². The summed E-state index contributed by atoms with van der Waals surface area (Å²) in [4.78, 5) is 48.6. The van der Waals surface area contributed by atoms with Crippen LogP contribution in [0.25, 0.3) is 0 Å². The number of benzene rings is 1. The van der Waals surface area contributed by atoms with Gasteiger partial charge in [-0.2, -0.15) is 0 Å². The van der Waals surface area contributed by atoms with Gasteiger partial charge in [-0.1, -0.05) is 49.6 Å². The normalized spacial score (nSPS) is 14.5. The van der Waals surface area contributed by atoms with Crippen LogP contribution in [0.5, 0.6) is 0 Å². The van der Waals surface area contributed by atoms with E-state index in [1.54, 1.807) is 12.1 Å². The van der Waals surface area contributed by atoms with Crippen LogP contribution in [0.3, 0.4) is 0 Å². The molecular weight excluding hydrogens is 468 g/mol. The molecule has 1 unspecified atom stereocenters. The Morgan fingerprint density at radius 2 is 1.69 bits per heavy atom. The zero-order chi connectivity index (χ0) is 25.0. The molecule has 188 valence electrons. The van der Waals surface area contributed by atoms with Crippen molar-refractivity contribution in [3.63, 3.8) is 0 Å². The van der Waals surface area contributed by atoms with Gasteiger partial charge in [0.15, 0.2) is 0 Å². The highest BCUT2D eigenvalue weighted by Crippen LogP contribution is 2.30. The molecule has 35 heavy (non-hydrogen) atoms. The number of urea groups is 1. The third-order valence-corrected chi connectivity index (χ3v) is 7.05. The second-order valence-corrected chi connectivity index (χ2v) is 9.69. The van der Waals surface area contributed by atoms with Crippen molar-refractivity contribution in [2.45, 2.75) is 45.1 Å². The zero-order valence-electron chi connectivity index (χ0n) is 19.5. The first-order valence-electron chi connectivity index (χ1n) is 11.9. The minimum Gasteiger partial charge on any atom is -0.481 e. The molecule has 0 radical (unpaired) electrons. The largest absolute Gasteiger partial charge is 0.481 e. The maximum Gasteiger partial charge on any atom is 0.320 e. The third-order valence-electron chi connectivity index (χ3n) is 6.06. The number of carboxylic acid groups (broad SMARTS) is 1. The quantitative estimate of drug-likeness (QED) is 0.321. The fraction of sp³-hybridized carbons (Fsp3) is 0.440. The molecule has 1 aliphatic carbocycles. The van der Waals surface area contributed by atoms with Crippen molar-refractivity contribution in [3.8, 4) is 0 Å². The molecule has 1 atom stereocenters. The number of carboxylic acids is 1. The molecule has 1 aliphatic rings. The van der Waals surface area contributed by atoms with E-state index in [4.69, 9.17) is 0 Å². The predicted octanol–water partition coefficient (Wildman–Crippen LogP) is 3.59. The maximum atomic E-state index is 12.4. The lowest BCUT2D eigenvalue weighted by molar-refractivity contribution is -0.144. The van der Waals surface area contributed by atoms with Crippen LogP contribution in [0.15, 0.2) is 42.5 Å². The second-order valence-electron chi connectivity index (χ2n) is 8.61. The van der Waals surface area contributed by atoms with E-state index in [0.717, 1.165) is 49.0 Å². The SMILES string of the molecule is O=C(CCNC(=O)c1ccc(NC(=O)NCc2ccccc2)s1)NCC(C(=O)O)C1CCCCC1. The highest BCUT2D eigenvalue weighted by molar-refractivity contribution is 7.18. The Kier molecular flexibility index (Phi) is 10.1. The van der Waals surface area contributed by atoms with Gasteiger partial charge in [0.1, 0.15) is 0 Å². The number of rotatable bonds is 11. The van der Waals surface area contributed by atoms with Crippen LogP contribution in [-0.4, -0.2) is 42.0 Å². The van der Waals surface area contributed by atoms with Gasteiger partial charge in [0.2, 0.25) is 5.91 Å². The Labute approximate surface area is 208 Å². The number of carbonyl (C=O) groups is 4. The molecular formula is C25H32N4O5S. The number of nitrogens with one attached hydrogen (secondary N) is 4. The summed E-state index contributed by atoms with van der Waals surface area (Å²) in [6, 6.07) is 12.4. The lowest BCUT2D eigenvalue weighted by Crippen LogP contribution is -2.38. The molecule has 4 amide bonds. The van der Waals surface area contributed by atoms with Crippen molar-refractivity contribution in [3.05, 3.63) is 52.9 Å². The van der Waals surface area contributed by atoms with E-state index in [-0.39, 0.29) is 43.3 Å². The Bertz CT molecular complexity index is 1000. The average molecular weight is 501 g/mol. The van der Waals surface area contributed by atoms with E-state index < -0.39 is 11.9 Å². The van der Waals surface area contributed by atoms with Gasteiger partial charge in [-0.3, -0.25) is 19.7 Å². The fourth-order valence-electron chi connectivity index (χ4n) is 4.14. The number of hydrogen-bond acceptors (Lipinski definition) is 5. The number of aliphatic carboxylic acids is 1. The second kappa shape index (κ2) is 13.5. The van der Waals surface area contributed by atoms with Crippen LogP contribution in [0, 0.1) is 11.8 Å². The Morgan fingerprint density at radius 1 is 0.943 bits per heavy atom. The number of carbonyl (C=O) groups excluding carboxylic acids is 3. The molecule has 10 heteroatoms. The lowest BCUT2D eigenvalue weighted by Gasteiger charge is -2.27. The molecule has 2 aromatic rings. The van der Waals surface area contributed by atoms with E-state index in [2.05, 4.69) is 21.3 Å². The molecule has 1 aromatic carbocycles. The smallest absolute Gasteiger partial charge is 0.320 e. The number of amides is 4. The third kappa shape index (κ3) is 8.71. The Balaban J connectivity index is 1.35. The van der Waals surface area contributed by atoms with Gasteiger partial charge in [0.05, 0.1) is 15.8 Å². The van der Waals surface area contributed by atoms with Crippen molar-refractivity contribution in [1.29, 1.82) is 0 Å². The van der Waals surface area contributed by atoms with Crippen molar-refractivity contribution in [2.75, 3.05) is 18.4 Å². The highest BCUT2D eigenvalue weighted by atomic mass is 32.1. The fourth-order valence-corrected chi connectivity index (χ4v) is 4.96. The van der Waals surface area contributed by atoms with E-state index in [9.17, 15) is 24.3 Å². The van der Waals surface area contributed by atoms with Crippen LogP contribution in [0.2, 0.25) is 0 Å². The summed E-state index contributed by atoms with van der Waals surface area (Å²) >= 11 is 1.13. The van der Waals surface area contributed by atoms with Gasteiger partial charge in [-0.25, -0.2) is 4.79 Å². The molecule has 1 heterocycles. The number of thiophene rings is 1. The molecule has 0 aliphatic heterocycles. The summed E-state index contributed by atoms with van der Waals surface area (Å²) in [5.41, 5.74) is 0.977. The number of hydrogen-bond donors (Lipinski definition) is 5. The minimum atomic E-state index is -0.874. The molecule has 1 fully saturated rings. The van der Waals surface area contributed by atoms with Crippen LogP contribution >= 0.6 is 11.3 Å². The first-order chi connectivity index (χ1) is 16.9. The van der Waals surface area contributed by atoms with Crippen molar-refractivity contribution in [2.24, 2.45) is 11.8 Å². The van der Waals surface area contributed by atoms with E-state index in [1.165, 1.54) is 0 Å². The molecule has 9 nitrogen and oxygen atoms in total. The Hall–Kier alpha value is -3.40. The summed E-state index contributed by atoms with van der Waals surface area (Å²) in [6.07, 6.45) is 5.03. The molecule has 1 aromatic heterocycles. The molecule has 0 spiro atoms. The molecule has 0 bridgehead atoms. The van der Waals surface area contributed by atoms with E-state index in [1.807, 2.05) is 30.3 Å². The summed E-state index contributed by atoms with van der Waals surface area (Å²) in [7, 11) is 0. The minimum absolute atomic E-state index is 0.0567. The van der Waals surface area contributed by atoms with Crippen LogP contribution in [-0.2, 0) is 16.1 Å². The summed E-state index contributed by atoms with van der Waals surface area (Å²) in [5, 5.41) is 20.9. The topological polar surface area (TPSA) is 137 Å². The van der Waals surface area contributed by atoms with Gasteiger partial charge >= 0.3 is 12.0 Å². The van der Waals surface area contributed by atoms with Gasteiger partial charge < -0.3 is 21.1 Å². The van der Waals surface area contributed by atoms with Crippen molar-refractivity contribution < 1.29 is 24.3 Å². The van der Waals surface area contributed by atoms with E-state index >= 15 is 0 Å². The number of anilines is 1. The van der Waals surface area contributed by atoms with Crippen LogP contribution in [0.4, 0.5) is 9.80 Å². The van der Waals surface area contributed by atoms with Crippen molar-refractivity contribution in [1.82, 2.24) is 16.0 Å². The molecule has 5 N–H and O–H groups in total. The van der Waals surface area contributed by atoms with Gasteiger partial charge in [0.25, 0.3) is 5.91 Å². The highest BCUT2D eigenvalue weighted by Gasteiger charge is 2.29. The summed E-state index contributed by atoms with van der Waals surface area (Å²) in [6.45, 7) is 0.629. The first kappa shape index (κ1) is 26.2. The van der Waals surface area contributed by atoms with E-state index in [0.29, 0.717) is 16.4 Å². The maximum absolute atomic E-state index is 12.4. The molecule has 3 rings (SSSR count). The monoisotopic (exact) mass is 500 g/mol. The molecule has 0 saturated heterocycles. The summed E-state index contributed by atoms with van der Waals surface area (Å²) in [5.74, 6) is -1.98. The zero-order valence-corrected chi connectivity index (χ0v) is 20.4. The summed E-state index contributed by atoms with van der Waals surface area (Å²) < 4.78 is 0. The Morgan fingerprint density at radius 3 is 2.40 bits per heavy atom. The average Bonchev–Trinajstić information content (AvgIpc) is 3.32. The molecule has 1 saturated carbocycles. The lowest BCUT2D eigenvalue weighted by atomic mass is 9.80. The predicted molar refractivity (Wildman–Crippen MR) is 134 cm³/mol. The standard InChI is InChI=1S/C25H32N4O5S/c30-21(27-16-19(24(32)33)18-9-5-2-6-10-18)13-14-26-23(31)20-11-12-22(35-20)29-25(34)28-15-17-7-3-1-4-8-17/h1,3-4,7-8,11-12,18-19H,2,5-6,9-10,13-16H2,(H,26,31)(H,27,30)(H,32,33)(H2,28,29,34). The van der Waals surface area contributed by atoms with Crippen LogP contribution in [0.1, 0.15) is 53.8 Å².